The Kier molecular flexibility index (Phi) is 6.48. The molecule has 0 atom stereocenters. The summed E-state index contributed by atoms with van der Waals surface area (Å²) in [5, 5.41) is 16.2. The molecule has 2 aromatic heterocycles. The molecule has 1 saturated heterocycles. The van der Waals surface area contributed by atoms with Gasteiger partial charge in [0.15, 0.2) is 11.6 Å². The minimum Gasteiger partial charge on any atom is -0.505 e. The molecule has 0 unspecified atom stereocenters. The molecule has 0 radical (unpaired) electrons. The van der Waals surface area contributed by atoms with Crippen molar-refractivity contribution in [1.29, 1.82) is 0 Å². The number of ether oxygens (including phenoxy) is 1. The van der Waals surface area contributed by atoms with Crippen LogP contribution in [0.15, 0.2) is 24.7 Å². The van der Waals surface area contributed by atoms with Gasteiger partial charge in [-0.1, -0.05) is 0 Å². The molecule has 8 nitrogen and oxygen atoms in total. The molecule has 2 aliphatic rings. The van der Waals surface area contributed by atoms with Gasteiger partial charge in [-0.2, -0.15) is 0 Å². The van der Waals surface area contributed by atoms with E-state index in [0.717, 1.165) is 38.8 Å². The van der Waals surface area contributed by atoms with Gasteiger partial charge in [-0.15, -0.1) is 12.4 Å². The molecular formula is C22H25ClFN5O3. The van der Waals surface area contributed by atoms with Crippen molar-refractivity contribution in [3.63, 3.8) is 0 Å². The number of amides is 1. The first kappa shape index (κ1) is 22.3. The average molecular weight is 462 g/mol. The lowest BCUT2D eigenvalue weighted by atomic mass is 10.1. The van der Waals surface area contributed by atoms with E-state index in [1.807, 2.05) is 0 Å². The van der Waals surface area contributed by atoms with Gasteiger partial charge in [-0.25, -0.2) is 14.4 Å². The van der Waals surface area contributed by atoms with Crippen molar-refractivity contribution in [3.05, 3.63) is 36.0 Å². The van der Waals surface area contributed by atoms with E-state index in [9.17, 15) is 14.3 Å². The van der Waals surface area contributed by atoms with Gasteiger partial charge in [0.2, 0.25) is 0 Å². The number of hydrogen-bond acceptors (Lipinski definition) is 6. The van der Waals surface area contributed by atoms with Crippen molar-refractivity contribution < 1.29 is 19.0 Å². The van der Waals surface area contributed by atoms with E-state index < -0.39 is 11.6 Å². The molecule has 170 valence electrons. The van der Waals surface area contributed by atoms with Crippen LogP contribution in [0.5, 0.6) is 11.5 Å². The van der Waals surface area contributed by atoms with E-state index in [4.69, 9.17) is 4.74 Å². The highest BCUT2D eigenvalue weighted by atomic mass is 35.5. The van der Waals surface area contributed by atoms with Crippen molar-refractivity contribution in [3.8, 4) is 22.8 Å². The molecule has 10 heteroatoms. The monoisotopic (exact) mass is 461 g/mol. The number of phenols is 1. The number of piperidine rings is 1. The minimum atomic E-state index is -0.768. The third-order valence-corrected chi connectivity index (χ3v) is 5.86. The summed E-state index contributed by atoms with van der Waals surface area (Å²) < 4.78 is 20.1. The lowest BCUT2D eigenvalue weighted by molar-refractivity contribution is 0.0931. The Hall–Kier alpha value is -2.91. The topological polar surface area (TPSA) is 112 Å². The van der Waals surface area contributed by atoms with E-state index in [1.165, 1.54) is 18.5 Å². The highest BCUT2D eigenvalue weighted by Crippen LogP contribution is 2.38. The molecule has 1 saturated carbocycles. The van der Waals surface area contributed by atoms with Gasteiger partial charge in [-0.3, -0.25) is 4.79 Å². The van der Waals surface area contributed by atoms with Crippen molar-refractivity contribution >= 4 is 29.3 Å². The number of nitrogens with one attached hydrogen (secondary N) is 3. The largest absolute Gasteiger partial charge is 0.505 e. The zero-order valence-electron chi connectivity index (χ0n) is 17.4. The predicted octanol–water partition coefficient (Wildman–Crippen LogP) is 3.16. The maximum atomic E-state index is 14.2. The first-order valence-corrected chi connectivity index (χ1v) is 10.6. The molecule has 1 aliphatic carbocycles. The van der Waals surface area contributed by atoms with Gasteiger partial charge in [0.25, 0.3) is 5.91 Å². The number of carbonyl (C=O) groups excluding carboxylic acids is 1. The summed E-state index contributed by atoms with van der Waals surface area (Å²) in [5.41, 5.74) is 2.19. The molecule has 4 N–H and O–H groups in total. The third kappa shape index (κ3) is 4.49. The summed E-state index contributed by atoms with van der Waals surface area (Å²) in [6, 6.07) is 2.59. The Bertz CT molecular complexity index is 1130. The van der Waals surface area contributed by atoms with Crippen LogP contribution < -0.4 is 15.4 Å². The zero-order valence-corrected chi connectivity index (χ0v) is 18.2. The van der Waals surface area contributed by atoms with Crippen molar-refractivity contribution in [2.24, 2.45) is 5.92 Å². The van der Waals surface area contributed by atoms with Crippen LogP contribution in [0, 0.1) is 11.7 Å². The van der Waals surface area contributed by atoms with Crippen LogP contribution in [0.25, 0.3) is 22.3 Å². The fourth-order valence-electron chi connectivity index (χ4n) is 3.89. The number of H-pyrrole nitrogens is 1. The summed E-state index contributed by atoms with van der Waals surface area (Å²) in [5.74, 6) is -0.614. The predicted molar refractivity (Wildman–Crippen MR) is 120 cm³/mol. The number of nitrogens with zero attached hydrogens (tertiary/aromatic N) is 2. The molecule has 5 rings (SSSR count). The third-order valence-electron chi connectivity index (χ3n) is 5.86. The first-order chi connectivity index (χ1) is 15.1. The maximum absolute atomic E-state index is 14.2. The van der Waals surface area contributed by atoms with Gasteiger partial charge < -0.3 is 25.5 Å². The van der Waals surface area contributed by atoms with Crippen molar-refractivity contribution in [2.45, 2.75) is 31.7 Å². The molecule has 32 heavy (non-hydrogen) atoms. The summed E-state index contributed by atoms with van der Waals surface area (Å²) in [6.45, 7) is 2.25. The highest BCUT2D eigenvalue weighted by Gasteiger charge is 2.25. The second-order valence-corrected chi connectivity index (χ2v) is 8.20. The van der Waals surface area contributed by atoms with Crippen LogP contribution in [0.4, 0.5) is 4.39 Å². The molecular weight excluding hydrogens is 437 g/mol. The van der Waals surface area contributed by atoms with Crippen molar-refractivity contribution in [2.75, 3.05) is 19.7 Å². The molecule has 1 aromatic carbocycles. The van der Waals surface area contributed by atoms with Gasteiger partial charge in [0.1, 0.15) is 23.3 Å². The first-order valence-electron chi connectivity index (χ1n) is 10.6. The van der Waals surface area contributed by atoms with Gasteiger partial charge in [0.05, 0.1) is 17.7 Å². The Morgan fingerprint density at radius 1 is 1.22 bits per heavy atom. The van der Waals surface area contributed by atoms with Gasteiger partial charge in [0, 0.05) is 23.9 Å². The van der Waals surface area contributed by atoms with Crippen LogP contribution in [0.3, 0.4) is 0 Å². The molecule has 0 bridgehead atoms. The zero-order chi connectivity index (χ0) is 21.4. The number of phenolic OH excluding ortho intramolecular Hbond substituents is 1. The Labute approximate surface area is 190 Å². The fraction of sp³-hybridized carbons (Fsp3) is 0.409. The number of carbonyl (C=O) groups is 1. The van der Waals surface area contributed by atoms with Crippen LogP contribution in [-0.2, 0) is 0 Å². The van der Waals surface area contributed by atoms with Crippen molar-refractivity contribution in [1.82, 2.24) is 25.6 Å². The highest BCUT2D eigenvalue weighted by molar-refractivity contribution is 6.08. The summed E-state index contributed by atoms with van der Waals surface area (Å²) in [6.07, 6.45) is 6.91. The lowest BCUT2D eigenvalue weighted by Gasteiger charge is -2.23. The molecule has 1 aliphatic heterocycles. The van der Waals surface area contributed by atoms with Crippen LogP contribution in [-0.4, -0.2) is 51.7 Å². The summed E-state index contributed by atoms with van der Waals surface area (Å²) in [4.78, 5) is 24.6. The minimum absolute atomic E-state index is 0. The van der Waals surface area contributed by atoms with E-state index >= 15 is 0 Å². The number of aromatic nitrogens is 3. The number of benzene rings is 1. The number of halogens is 2. The second-order valence-electron chi connectivity index (χ2n) is 8.20. The fourth-order valence-corrected chi connectivity index (χ4v) is 3.89. The maximum Gasteiger partial charge on any atom is 0.255 e. The van der Waals surface area contributed by atoms with E-state index in [1.54, 1.807) is 6.20 Å². The molecule has 3 heterocycles. The molecule has 0 spiro atoms. The molecule has 2 fully saturated rings. The van der Waals surface area contributed by atoms with Crippen LogP contribution in [0.2, 0.25) is 0 Å². The lowest BCUT2D eigenvalue weighted by Crippen LogP contribution is -2.42. The quantitative estimate of drug-likeness (QED) is 0.448. The smallest absolute Gasteiger partial charge is 0.255 e. The second kappa shape index (κ2) is 9.30. The number of hydrogen-bond donors (Lipinski definition) is 4. The SMILES string of the molecule is Cl.O=C(NC1CCNCC1)c1c[nH]c2c(-c3cc(F)c(O)cc3OCC3CC3)ncnc12. The number of fused-ring (bicyclic) bond motifs is 1. The van der Waals surface area contributed by atoms with Gasteiger partial charge in [-0.05, 0) is 50.8 Å². The average Bonchev–Trinajstić information content (AvgIpc) is 3.50. The molecule has 3 aromatic rings. The Morgan fingerprint density at radius 3 is 2.75 bits per heavy atom. The van der Waals surface area contributed by atoms with Crippen LogP contribution in [0.1, 0.15) is 36.0 Å². The standard InChI is InChI=1S/C22H24FN5O3.ClH/c23-16-7-14(18(8-17(16)29)31-10-12-1-2-12)19-21-20(27-11-26-19)15(9-25-21)22(30)28-13-3-5-24-6-4-13;/h7-9,11-13,24-25,29H,1-6,10H2,(H,28,30);1H. The summed E-state index contributed by atoms with van der Waals surface area (Å²) in [7, 11) is 0. The van der Waals surface area contributed by atoms with Crippen LogP contribution >= 0.6 is 12.4 Å². The van der Waals surface area contributed by atoms with E-state index in [0.29, 0.717) is 46.1 Å². The Balaban J connectivity index is 0.00000245. The number of rotatable bonds is 6. The van der Waals surface area contributed by atoms with E-state index in [-0.39, 0.29) is 24.4 Å². The summed E-state index contributed by atoms with van der Waals surface area (Å²) >= 11 is 0. The number of aromatic amines is 1. The normalized spacial score (nSPS) is 16.5. The van der Waals surface area contributed by atoms with E-state index in [2.05, 4.69) is 25.6 Å². The molecule has 1 amide bonds. The van der Waals surface area contributed by atoms with Gasteiger partial charge >= 0.3 is 0 Å². The Morgan fingerprint density at radius 2 is 2.00 bits per heavy atom. The number of aromatic hydroxyl groups is 1.